The Balaban J connectivity index is 1.73. The maximum atomic E-state index is 12.2. The summed E-state index contributed by atoms with van der Waals surface area (Å²) in [4.78, 5) is 18.3. The van der Waals surface area contributed by atoms with Crippen molar-refractivity contribution in [3.05, 3.63) is 17.2 Å². The van der Waals surface area contributed by atoms with Gasteiger partial charge in [-0.3, -0.25) is 4.79 Å². The monoisotopic (exact) mass is 254 g/mol. The van der Waals surface area contributed by atoms with Gasteiger partial charge >= 0.3 is 0 Å². The van der Waals surface area contributed by atoms with Crippen LogP contribution in [0.2, 0.25) is 5.15 Å². The summed E-state index contributed by atoms with van der Waals surface area (Å²) in [7, 11) is 0. The summed E-state index contributed by atoms with van der Waals surface area (Å²) in [5.41, 5.74) is 0. The lowest BCUT2D eigenvalue weighted by atomic mass is 10.2. The number of nitrogens with zero attached hydrogens (tertiary/aromatic N) is 3. The number of aromatic nitrogens is 2. The Bertz CT molecular complexity index is 439. The van der Waals surface area contributed by atoms with Crippen molar-refractivity contribution in [3.8, 4) is 0 Å². The van der Waals surface area contributed by atoms with Gasteiger partial charge in [-0.15, -0.1) is 0 Å². The molecular formula is C11H15ClN4O. The minimum atomic E-state index is 0.00647. The first-order valence-corrected chi connectivity index (χ1v) is 6.35. The van der Waals surface area contributed by atoms with E-state index in [4.69, 9.17) is 11.6 Å². The Morgan fingerprint density at radius 3 is 3.18 bits per heavy atom. The van der Waals surface area contributed by atoms with Crippen LogP contribution in [0.25, 0.3) is 0 Å². The van der Waals surface area contributed by atoms with E-state index in [-0.39, 0.29) is 11.9 Å². The molecule has 92 valence electrons. The van der Waals surface area contributed by atoms with Crippen LogP contribution in [-0.2, 0) is 17.9 Å². The van der Waals surface area contributed by atoms with Gasteiger partial charge in [-0.2, -0.15) is 0 Å². The highest BCUT2D eigenvalue weighted by molar-refractivity contribution is 6.29. The lowest BCUT2D eigenvalue weighted by molar-refractivity contribution is -0.134. The molecule has 1 amide bonds. The van der Waals surface area contributed by atoms with E-state index in [2.05, 4.69) is 10.3 Å². The van der Waals surface area contributed by atoms with Crippen molar-refractivity contribution >= 4 is 17.5 Å². The second-order valence-electron chi connectivity index (χ2n) is 4.56. The second-order valence-corrected chi connectivity index (χ2v) is 4.94. The zero-order valence-corrected chi connectivity index (χ0v) is 10.3. The number of hydrogen-bond donors (Lipinski definition) is 1. The second kappa shape index (κ2) is 4.31. The van der Waals surface area contributed by atoms with E-state index in [1.54, 1.807) is 6.20 Å². The van der Waals surface area contributed by atoms with Crippen molar-refractivity contribution in [1.29, 1.82) is 0 Å². The molecule has 3 rings (SSSR count). The summed E-state index contributed by atoms with van der Waals surface area (Å²) in [6, 6.07) is 0.00647. The Morgan fingerprint density at radius 2 is 2.41 bits per heavy atom. The molecule has 0 radical (unpaired) electrons. The predicted molar refractivity (Wildman–Crippen MR) is 63.7 cm³/mol. The Labute approximate surface area is 105 Å². The molecule has 0 unspecified atom stereocenters. The Morgan fingerprint density at radius 1 is 1.53 bits per heavy atom. The molecule has 1 aromatic heterocycles. The van der Waals surface area contributed by atoms with Gasteiger partial charge in [0.15, 0.2) is 0 Å². The normalized spacial score (nSPS) is 23.8. The standard InChI is InChI=1S/C11H15ClN4O/c12-9-6-14-10-7-15(4-5-16(9)10)11(17)8-2-1-3-13-8/h6,8,13H,1-5,7H2/t8-/m1/s1. The van der Waals surface area contributed by atoms with Crippen LogP contribution in [0.4, 0.5) is 0 Å². The summed E-state index contributed by atoms with van der Waals surface area (Å²) in [5.74, 6) is 1.08. The molecule has 6 heteroatoms. The summed E-state index contributed by atoms with van der Waals surface area (Å²) in [5, 5.41) is 3.90. The molecule has 0 spiro atoms. The summed E-state index contributed by atoms with van der Waals surface area (Å²) < 4.78 is 1.97. The van der Waals surface area contributed by atoms with Crippen LogP contribution in [0.15, 0.2) is 6.20 Å². The van der Waals surface area contributed by atoms with Gasteiger partial charge in [0, 0.05) is 13.1 Å². The molecule has 1 atom stereocenters. The zero-order chi connectivity index (χ0) is 11.8. The highest BCUT2D eigenvalue weighted by Crippen LogP contribution is 2.19. The molecule has 0 aliphatic carbocycles. The Hall–Kier alpha value is -1.07. The van der Waals surface area contributed by atoms with E-state index < -0.39 is 0 Å². The zero-order valence-electron chi connectivity index (χ0n) is 9.53. The molecule has 1 aromatic rings. The van der Waals surface area contributed by atoms with Crippen LogP contribution in [0.3, 0.4) is 0 Å². The van der Waals surface area contributed by atoms with Crippen molar-refractivity contribution in [2.75, 3.05) is 13.1 Å². The number of rotatable bonds is 1. The minimum absolute atomic E-state index is 0.00647. The largest absolute Gasteiger partial charge is 0.332 e. The third kappa shape index (κ3) is 1.93. The van der Waals surface area contributed by atoms with Crippen LogP contribution in [0.1, 0.15) is 18.7 Å². The number of amides is 1. The summed E-state index contributed by atoms with van der Waals surface area (Å²) in [6.07, 6.45) is 3.69. The molecule has 1 N–H and O–H groups in total. The van der Waals surface area contributed by atoms with Gasteiger partial charge in [0.2, 0.25) is 5.91 Å². The molecule has 0 bridgehead atoms. The SMILES string of the molecule is O=C([C@H]1CCCN1)N1CCn2c(Cl)cnc2C1. The molecule has 1 saturated heterocycles. The highest BCUT2D eigenvalue weighted by atomic mass is 35.5. The third-order valence-corrected chi connectivity index (χ3v) is 3.79. The van der Waals surface area contributed by atoms with Gasteiger partial charge in [0.05, 0.1) is 18.8 Å². The van der Waals surface area contributed by atoms with E-state index in [1.807, 2.05) is 9.47 Å². The summed E-state index contributed by atoms with van der Waals surface area (Å²) >= 11 is 6.00. The van der Waals surface area contributed by atoms with Crippen LogP contribution in [-0.4, -0.2) is 39.5 Å². The van der Waals surface area contributed by atoms with Crippen molar-refractivity contribution in [2.45, 2.75) is 32.0 Å². The van der Waals surface area contributed by atoms with Crippen LogP contribution < -0.4 is 5.32 Å². The number of fused-ring (bicyclic) bond motifs is 1. The van der Waals surface area contributed by atoms with Crippen molar-refractivity contribution in [1.82, 2.24) is 19.8 Å². The van der Waals surface area contributed by atoms with Crippen molar-refractivity contribution in [3.63, 3.8) is 0 Å². The molecule has 17 heavy (non-hydrogen) atoms. The molecule has 2 aliphatic rings. The molecule has 0 saturated carbocycles. The lowest BCUT2D eigenvalue weighted by Crippen LogP contribution is -2.46. The number of halogens is 1. The molecule has 2 aliphatic heterocycles. The smallest absolute Gasteiger partial charge is 0.240 e. The molecule has 5 nitrogen and oxygen atoms in total. The van der Waals surface area contributed by atoms with E-state index >= 15 is 0 Å². The van der Waals surface area contributed by atoms with Crippen molar-refractivity contribution < 1.29 is 4.79 Å². The van der Waals surface area contributed by atoms with Crippen LogP contribution in [0.5, 0.6) is 0 Å². The molecule has 3 heterocycles. The van der Waals surface area contributed by atoms with E-state index in [0.29, 0.717) is 11.7 Å². The molecule has 0 aromatic carbocycles. The predicted octanol–water partition coefficient (Wildman–Crippen LogP) is 0.631. The average molecular weight is 255 g/mol. The lowest BCUT2D eigenvalue weighted by Gasteiger charge is -2.30. The number of imidazole rings is 1. The first-order valence-electron chi connectivity index (χ1n) is 5.98. The third-order valence-electron chi connectivity index (χ3n) is 3.49. The maximum absolute atomic E-state index is 12.2. The van der Waals surface area contributed by atoms with Gasteiger partial charge in [-0.05, 0) is 19.4 Å². The quantitative estimate of drug-likeness (QED) is 0.800. The minimum Gasteiger partial charge on any atom is -0.332 e. The maximum Gasteiger partial charge on any atom is 0.240 e. The van der Waals surface area contributed by atoms with Crippen molar-refractivity contribution in [2.24, 2.45) is 0 Å². The van der Waals surface area contributed by atoms with Crippen LogP contribution in [0, 0.1) is 0 Å². The molecule has 1 fully saturated rings. The number of nitrogens with one attached hydrogen (secondary N) is 1. The first kappa shape index (κ1) is 11.0. The van der Waals surface area contributed by atoms with Gasteiger partial charge in [-0.1, -0.05) is 11.6 Å². The topological polar surface area (TPSA) is 50.2 Å². The fourth-order valence-electron chi connectivity index (χ4n) is 2.53. The van der Waals surface area contributed by atoms with Gasteiger partial charge < -0.3 is 14.8 Å². The van der Waals surface area contributed by atoms with E-state index in [9.17, 15) is 4.79 Å². The average Bonchev–Trinajstić information content (AvgIpc) is 2.98. The Kier molecular flexibility index (Phi) is 2.80. The number of carbonyl (C=O) groups excluding carboxylic acids is 1. The summed E-state index contributed by atoms with van der Waals surface area (Å²) in [6.45, 7) is 2.99. The van der Waals surface area contributed by atoms with E-state index in [1.165, 1.54) is 0 Å². The first-order chi connectivity index (χ1) is 8.25. The number of hydrogen-bond acceptors (Lipinski definition) is 3. The number of carbonyl (C=O) groups is 1. The highest BCUT2D eigenvalue weighted by Gasteiger charge is 2.29. The van der Waals surface area contributed by atoms with Crippen LogP contribution >= 0.6 is 11.6 Å². The van der Waals surface area contributed by atoms with E-state index in [0.717, 1.165) is 38.3 Å². The van der Waals surface area contributed by atoms with Gasteiger partial charge in [0.1, 0.15) is 11.0 Å². The van der Waals surface area contributed by atoms with Gasteiger partial charge in [0.25, 0.3) is 0 Å². The molecular weight excluding hydrogens is 240 g/mol. The van der Waals surface area contributed by atoms with Gasteiger partial charge in [-0.25, -0.2) is 4.98 Å². The fraction of sp³-hybridized carbons (Fsp3) is 0.636. The fourth-order valence-corrected chi connectivity index (χ4v) is 2.76.